The predicted octanol–water partition coefficient (Wildman–Crippen LogP) is 2.63. The number of hydrogen-bond acceptors (Lipinski definition) is 6. The quantitative estimate of drug-likeness (QED) is 0.680. The van der Waals surface area contributed by atoms with E-state index in [1.54, 1.807) is 4.90 Å². The molecule has 0 bridgehead atoms. The fraction of sp³-hybridized carbons (Fsp3) is 0.600. The Morgan fingerprint density at radius 3 is 2.35 bits per heavy atom. The summed E-state index contributed by atoms with van der Waals surface area (Å²) >= 11 is 0. The highest BCUT2D eigenvalue weighted by Crippen LogP contribution is 2.30. The summed E-state index contributed by atoms with van der Waals surface area (Å²) < 4.78 is 42.9. The number of rotatable bonds is 5. The molecule has 11 heteroatoms. The zero-order chi connectivity index (χ0) is 22.4. The van der Waals surface area contributed by atoms with E-state index < -0.39 is 42.2 Å². The van der Waals surface area contributed by atoms with Crippen molar-refractivity contribution in [3.63, 3.8) is 0 Å². The number of carbonyl (C=O) groups is 3. The van der Waals surface area contributed by atoms with Gasteiger partial charge in [-0.3, -0.25) is 14.9 Å². The molecule has 3 rings (SSSR count). The molecule has 0 radical (unpaired) electrons. The molecule has 1 saturated carbocycles. The molecule has 170 valence electrons. The minimum atomic E-state index is -4.44. The standard InChI is InChI=1S/C20H25F3N4O4/c21-20(22,23)14-5-6-16(24-11-14)27-9-7-13(8-10-27)18(29)31-12-17(28)26-19(30)25-15-3-1-2-4-15/h5-6,11,13,15H,1-4,7-10,12H2,(H2,25,26,28,30). The Morgan fingerprint density at radius 2 is 1.77 bits per heavy atom. The molecule has 1 aromatic heterocycles. The molecule has 1 aliphatic carbocycles. The molecule has 2 heterocycles. The van der Waals surface area contributed by atoms with Gasteiger partial charge in [-0.1, -0.05) is 12.8 Å². The molecule has 1 saturated heterocycles. The summed E-state index contributed by atoms with van der Waals surface area (Å²) in [5.74, 6) is -1.25. The van der Waals surface area contributed by atoms with E-state index in [4.69, 9.17) is 4.74 Å². The number of amides is 3. The lowest BCUT2D eigenvalue weighted by molar-refractivity contribution is -0.153. The first-order chi connectivity index (χ1) is 14.7. The van der Waals surface area contributed by atoms with Crippen LogP contribution in [0, 0.1) is 5.92 Å². The first-order valence-corrected chi connectivity index (χ1v) is 10.3. The molecule has 2 aliphatic rings. The van der Waals surface area contributed by atoms with Crippen molar-refractivity contribution < 1.29 is 32.3 Å². The van der Waals surface area contributed by atoms with Crippen molar-refractivity contribution in [1.82, 2.24) is 15.6 Å². The van der Waals surface area contributed by atoms with E-state index in [9.17, 15) is 27.6 Å². The van der Waals surface area contributed by atoms with Gasteiger partial charge in [0.15, 0.2) is 6.61 Å². The Labute approximate surface area is 177 Å². The van der Waals surface area contributed by atoms with E-state index in [1.807, 2.05) is 0 Å². The van der Waals surface area contributed by atoms with Crippen LogP contribution >= 0.6 is 0 Å². The monoisotopic (exact) mass is 442 g/mol. The molecule has 1 aromatic rings. The van der Waals surface area contributed by atoms with Gasteiger partial charge in [-0.2, -0.15) is 13.2 Å². The number of pyridine rings is 1. The number of urea groups is 1. The SMILES string of the molecule is O=C(COC(=O)C1CCN(c2ccc(C(F)(F)F)cn2)CC1)NC(=O)NC1CCCC1. The number of hydrogen-bond donors (Lipinski definition) is 2. The van der Waals surface area contributed by atoms with Crippen molar-refractivity contribution in [2.24, 2.45) is 5.92 Å². The molecule has 8 nitrogen and oxygen atoms in total. The minimum Gasteiger partial charge on any atom is -0.455 e. The van der Waals surface area contributed by atoms with Gasteiger partial charge in [-0.25, -0.2) is 9.78 Å². The molecule has 0 aromatic carbocycles. The van der Waals surface area contributed by atoms with Crippen LogP contribution < -0.4 is 15.5 Å². The molecular weight excluding hydrogens is 417 g/mol. The second-order valence-corrected chi connectivity index (χ2v) is 7.77. The second kappa shape index (κ2) is 9.97. The molecule has 3 amide bonds. The molecule has 2 fully saturated rings. The van der Waals surface area contributed by atoms with E-state index in [1.165, 1.54) is 6.07 Å². The number of aromatic nitrogens is 1. The summed E-state index contributed by atoms with van der Waals surface area (Å²) in [7, 11) is 0. The lowest BCUT2D eigenvalue weighted by Crippen LogP contribution is -2.45. The first kappa shape index (κ1) is 22.8. The zero-order valence-electron chi connectivity index (χ0n) is 16.9. The van der Waals surface area contributed by atoms with Crippen LogP contribution in [-0.2, 0) is 20.5 Å². The number of halogens is 3. The molecule has 0 spiro atoms. The predicted molar refractivity (Wildman–Crippen MR) is 104 cm³/mol. The normalized spacial score (nSPS) is 18.0. The highest BCUT2D eigenvalue weighted by atomic mass is 19.4. The number of alkyl halides is 3. The zero-order valence-corrected chi connectivity index (χ0v) is 16.9. The van der Waals surface area contributed by atoms with E-state index in [2.05, 4.69) is 15.6 Å². The maximum Gasteiger partial charge on any atom is 0.417 e. The number of ether oxygens (including phenoxy) is 1. The van der Waals surface area contributed by atoms with Gasteiger partial charge in [0.1, 0.15) is 5.82 Å². The van der Waals surface area contributed by atoms with E-state index in [0.29, 0.717) is 31.7 Å². The number of carbonyl (C=O) groups excluding carboxylic acids is 3. The molecule has 2 N–H and O–H groups in total. The largest absolute Gasteiger partial charge is 0.455 e. The van der Waals surface area contributed by atoms with E-state index in [-0.39, 0.29) is 6.04 Å². The Bertz CT molecular complexity index is 787. The van der Waals surface area contributed by atoms with Gasteiger partial charge >= 0.3 is 18.2 Å². The maximum atomic E-state index is 12.6. The van der Waals surface area contributed by atoms with Crippen LogP contribution in [0.2, 0.25) is 0 Å². The van der Waals surface area contributed by atoms with Crippen molar-refractivity contribution in [3.05, 3.63) is 23.9 Å². The van der Waals surface area contributed by atoms with Crippen LogP contribution in [-0.4, -0.2) is 48.6 Å². The number of nitrogens with one attached hydrogen (secondary N) is 2. The Morgan fingerprint density at radius 1 is 1.10 bits per heavy atom. The van der Waals surface area contributed by atoms with Crippen LogP contribution in [0.3, 0.4) is 0 Å². The minimum absolute atomic E-state index is 0.0692. The maximum absolute atomic E-state index is 12.6. The second-order valence-electron chi connectivity index (χ2n) is 7.77. The number of nitrogens with zero attached hydrogens (tertiary/aromatic N) is 2. The molecule has 31 heavy (non-hydrogen) atoms. The number of imide groups is 1. The fourth-order valence-electron chi connectivity index (χ4n) is 3.79. The summed E-state index contributed by atoms with van der Waals surface area (Å²) in [6, 6.07) is 1.76. The third-order valence-corrected chi connectivity index (χ3v) is 5.52. The summed E-state index contributed by atoms with van der Waals surface area (Å²) in [6.45, 7) is 0.305. The van der Waals surface area contributed by atoms with Gasteiger partial charge in [-0.15, -0.1) is 0 Å². The highest BCUT2D eigenvalue weighted by Gasteiger charge is 2.32. The van der Waals surface area contributed by atoms with Gasteiger partial charge in [0.05, 0.1) is 11.5 Å². The molecule has 0 atom stereocenters. The van der Waals surface area contributed by atoms with Gasteiger partial charge in [0.2, 0.25) is 0 Å². The summed E-state index contributed by atoms with van der Waals surface area (Å²) in [6.07, 6.45) is 1.06. The van der Waals surface area contributed by atoms with Crippen molar-refractivity contribution >= 4 is 23.7 Å². The van der Waals surface area contributed by atoms with Crippen molar-refractivity contribution in [2.45, 2.75) is 50.7 Å². The van der Waals surface area contributed by atoms with Gasteiger partial charge in [0, 0.05) is 25.3 Å². The summed E-state index contributed by atoms with van der Waals surface area (Å²) in [4.78, 5) is 41.4. The highest BCUT2D eigenvalue weighted by molar-refractivity contribution is 5.95. The van der Waals surface area contributed by atoms with Crippen molar-refractivity contribution in [3.8, 4) is 0 Å². The summed E-state index contributed by atoms with van der Waals surface area (Å²) in [5.41, 5.74) is -0.815. The van der Waals surface area contributed by atoms with Gasteiger partial charge in [-0.05, 0) is 37.8 Å². The average Bonchev–Trinajstić information content (AvgIpc) is 3.24. The average molecular weight is 442 g/mol. The fourth-order valence-corrected chi connectivity index (χ4v) is 3.79. The van der Waals surface area contributed by atoms with Gasteiger partial charge in [0.25, 0.3) is 5.91 Å². The number of anilines is 1. The van der Waals surface area contributed by atoms with Crippen LogP contribution in [0.5, 0.6) is 0 Å². The lowest BCUT2D eigenvalue weighted by atomic mass is 9.97. The van der Waals surface area contributed by atoms with Crippen molar-refractivity contribution in [1.29, 1.82) is 0 Å². The third kappa shape index (κ3) is 6.56. The molecule has 0 unspecified atom stereocenters. The van der Waals surface area contributed by atoms with Crippen LogP contribution in [0.1, 0.15) is 44.1 Å². The van der Waals surface area contributed by atoms with Crippen molar-refractivity contribution in [2.75, 3.05) is 24.6 Å². The Hall–Kier alpha value is -2.85. The van der Waals surface area contributed by atoms with Gasteiger partial charge < -0.3 is 15.0 Å². The lowest BCUT2D eigenvalue weighted by Gasteiger charge is -2.31. The Kier molecular flexibility index (Phi) is 7.34. The molecule has 1 aliphatic heterocycles. The topological polar surface area (TPSA) is 101 Å². The number of esters is 1. The van der Waals surface area contributed by atoms with E-state index >= 15 is 0 Å². The Balaban J connectivity index is 1.37. The van der Waals surface area contributed by atoms with Crippen LogP contribution in [0.25, 0.3) is 0 Å². The van der Waals surface area contributed by atoms with E-state index in [0.717, 1.165) is 37.9 Å². The third-order valence-electron chi connectivity index (χ3n) is 5.52. The number of piperidine rings is 1. The smallest absolute Gasteiger partial charge is 0.417 e. The molecular formula is C20H25F3N4O4. The van der Waals surface area contributed by atoms with Crippen LogP contribution in [0.4, 0.5) is 23.8 Å². The van der Waals surface area contributed by atoms with Crippen LogP contribution in [0.15, 0.2) is 18.3 Å². The first-order valence-electron chi connectivity index (χ1n) is 10.3. The summed E-state index contributed by atoms with van der Waals surface area (Å²) in [5, 5.41) is 4.85.